The third-order valence-corrected chi connectivity index (χ3v) is 4.88. The van der Waals surface area contributed by atoms with Gasteiger partial charge in [-0.15, -0.1) is 0 Å². The van der Waals surface area contributed by atoms with Crippen molar-refractivity contribution >= 4 is 45.2 Å². The highest BCUT2D eigenvalue weighted by Gasteiger charge is 2.15. The summed E-state index contributed by atoms with van der Waals surface area (Å²) in [6.07, 6.45) is -1.68. The Morgan fingerprint density at radius 2 is 1.77 bits per heavy atom. The maximum atomic E-state index is 11.6. The third kappa shape index (κ3) is 4.10. The predicted octanol–water partition coefficient (Wildman–Crippen LogP) is 3.77. The number of aliphatic hydroxyl groups is 1. The largest absolute Gasteiger partial charge is 0.453 e. The molecule has 8 heteroatoms. The fourth-order valence-corrected chi connectivity index (χ4v) is 3.38. The highest BCUT2D eigenvalue weighted by molar-refractivity contribution is 6.09. The Kier molecular flexibility index (Phi) is 5.38. The van der Waals surface area contributed by atoms with Gasteiger partial charge in [0.05, 0.1) is 23.8 Å². The number of hydrogen-bond acceptors (Lipinski definition) is 6. The molecule has 0 fully saturated rings. The summed E-state index contributed by atoms with van der Waals surface area (Å²) in [6, 6.07) is 19.3. The van der Waals surface area contributed by atoms with Gasteiger partial charge in [-0.05, 0) is 36.4 Å². The topological polar surface area (TPSA) is 127 Å². The monoisotopic (exact) mass is 416 g/mol. The Labute approximate surface area is 177 Å². The van der Waals surface area contributed by atoms with Crippen molar-refractivity contribution in [2.45, 2.75) is 6.23 Å². The second-order valence-electron chi connectivity index (χ2n) is 6.89. The summed E-state index contributed by atoms with van der Waals surface area (Å²) in [7, 11) is 1.28. The zero-order chi connectivity index (χ0) is 22.0. The Balaban J connectivity index is 1.77. The number of nitrogens with one attached hydrogen (secondary N) is 2. The highest BCUT2D eigenvalue weighted by atomic mass is 16.5. The number of nitrogens with two attached hydrogens (primary N) is 1. The van der Waals surface area contributed by atoms with E-state index in [4.69, 9.17) is 5.73 Å². The van der Waals surface area contributed by atoms with Crippen molar-refractivity contribution in [2.24, 2.45) is 5.73 Å². The predicted molar refractivity (Wildman–Crippen MR) is 119 cm³/mol. The number of pyridine rings is 1. The first-order chi connectivity index (χ1) is 15.0. The van der Waals surface area contributed by atoms with Crippen LogP contribution in [-0.4, -0.2) is 29.2 Å². The van der Waals surface area contributed by atoms with Crippen LogP contribution in [0.25, 0.3) is 21.8 Å². The Bertz CT molecular complexity index is 1310. The maximum Gasteiger partial charge on any atom is 0.411 e. The van der Waals surface area contributed by atoms with Crippen LogP contribution in [0.4, 0.5) is 16.2 Å². The summed E-state index contributed by atoms with van der Waals surface area (Å²) in [6.45, 7) is 0. The minimum atomic E-state index is -1.08. The maximum absolute atomic E-state index is 11.6. The van der Waals surface area contributed by atoms with Crippen LogP contribution in [0, 0.1) is 0 Å². The molecule has 0 radical (unpaired) electrons. The van der Waals surface area contributed by atoms with Crippen LogP contribution in [0.15, 0.2) is 66.7 Å². The summed E-state index contributed by atoms with van der Waals surface area (Å²) in [5.74, 6) is -0.540. The molecule has 3 aromatic carbocycles. The molecule has 0 aliphatic heterocycles. The quantitative estimate of drug-likeness (QED) is 0.290. The van der Waals surface area contributed by atoms with E-state index < -0.39 is 18.2 Å². The van der Waals surface area contributed by atoms with Crippen molar-refractivity contribution in [1.82, 2.24) is 4.98 Å². The van der Waals surface area contributed by atoms with Crippen molar-refractivity contribution in [3.63, 3.8) is 0 Å². The Morgan fingerprint density at radius 3 is 2.55 bits per heavy atom. The van der Waals surface area contributed by atoms with Crippen molar-refractivity contribution in [2.75, 3.05) is 17.7 Å². The lowest BCUT2D eigenvalue weighted by atomic mass is 10.0. The molecule has 0 saturated carbocycles. The smallest absolute Gasteiger partial charge is 0.411 e. The van der Waals surface area contributed by atoms with E-state index in [9.17, 15) is 14.7 Å². The Morgan fingerprint density at radius 1 is 1.00 bits per heavy atom. The number of carbonyl (C=O) groups excluding carboxylic acids is 2. The number of anilines is 2. The number of methoxy groups -OCH3 is 1. The van der Waals surface area contributed by atoms with Crippen LogP contribution in [0.5, 0.6) is 0 Å². The average molecular weight is 416 g/mol. The van der Waals surface area contributed by atoms with Gasteiger partial charge in [0.25, 0.3) is 0 Å². The van der Waals surface area contributed by atoms with E-state index in [1.807, 2.05) is 24.3 Å². The number of aromatic nitrogens is 1. The number of nitrogens with zero attached hydrogens (tertiary/aromatic N) is 1. The summed E-state index contributed by atoms with van der Waals surface area (Å²) in [5.41, 5.74) is 8.72. The molecule has 1 heterocycles. The summed E-state index contributed by atoms with van der Waals surface area (Å²) < 4.78 is 4.60. The molecular weight excluding hydrogens is 396 g/mol. The van der Waals surface area contributed by atoms with Gasteiger partial charge in [0.1, 0.15) is 0 Å². The molecule has 0 spiro atoms. The lowest BCUT2D eigenvalue weighted by Crippen LogP contribution is -2.14. The van der Waals surface area contributed by atoms with Gasteiger partial charge in [0.2, 0.25) is 5.91 Å². The fraction of sp³-hybridized carbons (Fsp3) is 0.0870. The molecule has 31 heavy (non-hydrogen) atoms. The number of amides is 2. The van der Waals surface area contributed by atoms with Gasteiger partial charge >= 0.3 is 6.09 Å². The van der Waals surface area contributed by atoms with Gasteiger partial charge in [0.15, 0.2) is 6.23 Å². The second-order valence-corrected chi connectivity index (χ2v) is 6.89. The number of ether oxygens (including phenoxy) is 1. The van der Waals surface area contributed by atoms with E-state index in [0.717, 1.165) is 10.8 Å². The zero-order valence-electron chi connectivity index (χ0n) is 16.6. The lowest BCUT2D eigenvalue weighted by Gasteiger charge is -2.19. The molecule has 4 rings (SSSR count). The molecule has 4 aromatic rings. The van der Waals surface area contributed by atoms with Crippen LogP contribution in [-0.2, 0) is 4.74 Å². The first kappa shape index (κ1) is 20.1. The molecule has 1 aromatic heterocycles. The van der Waals surface area contributed by atoms with Crippen molar-refractivity contribution in [1.29, 1.82) is 0 Å². The summed E-state index contributed by atoms with van der Waals surface area (Å²) >= 11 is 0. The van der Waals surface area contributed by atoms with E-state index >= 15 is 0 Å². The minimum Gasteiger partial charge on any atom is -0.453 e. The Hall–Kier alpha value is -4.17. The van der Waals surface area contributed by atoms with Crippen LogP contribution < -0.4 is 16.4 Å². The van der Waals surface area contributed by atoms with E-state index in [1.54, 1.807) is 42.5 Å². The third-order valence-electron chi connectivity index (χ3n) is 4.88. The van der Waals surface area contributed by atoms with E-state index in [-0.39, 0.29) is 0 Å². The molecule has 156 valence electrons. The van der Waals surface area contributed by atoms with E-state index in [2.05, 4.69) is 20.4 Å². The number of primary amides is 1. The molecule has 0 aliphatic carbocycles. The van der Waals surface area contributed by atoms with E-state index in [0.29, 0.717) is 33.5 Å². The first-order valence-electron chi connectivity index (χ1n) is 9.48. The molecule has 2 amide bonds. The number of aliphatic hydroxyl groups excluding tert-OH is 1. The molecule has 8 nitrogen and oxygen atoms in total. The van der Waals surface area contributed by atoms with Gasteiger partial charge in [-0.3, -0.25) is 10.1 Å². The van der Waals surface area contributed by atoms with Gasteiger partial charge in [-0.1, -0.05) is 30.3 Å². The minimum absolute atomic E-state index is 0.350. The molecular formula is C23H20N4O4. The number of fused-ring (bicyclic) bond motifs is 2. The molecule has 0 saturated heterocycles. The molecule has 0 aliphatic rings. The normalized spacial score (nSPS) is 11.8. The number of rotatable bonds is 5. The summed E-state index contributed by atoms with van der Waals surface area (Å²) in [5, 5.41) is 18.2. The average Bonchev–Trinajstić information content (AvgIpc) is 2.78. The number of benzene rings is 3. The molecule has 1 unspecified atom stereocenters. The molecule has 1 atom stereocenters. The van der Waals surface area contributed by atoms with Crippen molar-refractivity contribution in [3.8, 4) is 0 Å². The number of carbonyl (C=O) groups is 2. The molecule has 0 bridgehead atoms. The fourth-order valence-electron chi connectivity index (χ4n) is 3.38. The highest BCUT2D eigenvalue weighted by Crippen LogP contribution is 2.33. The van der Waals surface area contributed by atoms with Gasteiger partial charge < -0.3 is 20.9 Å². The van der Waals surface area contributed by atoms with Gasteiger partial charge in [0, 0.05) is 27.6 Å². The first-order valence-corrected chi connectivity index (χ1v) is 9.48. The van der Waals surface area contributed by atoms with Crippen LogP contribution >= 0.6 is 0 Å². The van der Waals surface area contributed by atoms with Crippen LogP contribution in [0.3, 0.4) is 0 Å². The SMILES string of the molecule is COC(=O)Nc1cccc(C(O)Nc2c3ccccc3nc3cc(C(N)=O)ccc23)c1. The lowest BCUT2D eigenvalue weighted by molar-refractivity contribution is 0.100. The number of hydrogen-bond donors (Lipinski definition) is 4. The van der Waals surface area contributed by atoms with Gasteiger partial charge in [-0.25, -0.2) is 9.78 Å². The number of para-hydroxylation sites is 1. The molecule has 5 N–H and O–H groups in total. The van der Waals surface area contributed by atoms with Crippen molar-refractivity contribution in [3.05, 3.63) is 77.9 Å². The van der Waals surface area contributed by atoms with Crippen LogP contribution in [0.1, 0.15) is 22.1 Å². The van der Waals surface area contributed by atoms with Crippen LogP contribution in [0.2, 0.25) is 0 Å². The zero-order valence-corrected chi connectivity index (χ0v) is 16.6. The summed E-state index contributed by atoms with van der Waals surface area (Å²) in [4.78, 5) is 27.7. The van der Waals surface area contributed by atoms with Crippen molar-refractivity contribution < 1.29 is 19.4 Å². The van der Waals surface area contributed by atoms with Gasteiger partial charge in [-0.2, -0.15) is 0 Å². The standard InChI is InChI=1S/C23H20N4O4/c1-31-23(30)25-15-6-4-5-14(11-15)22(29)27-20-16-7-2-3-8-18(16)26-19-12-13(21(24)28)9-10-17(19)20/h2-12,22,29H,1H3,(H2,24,28)(H,25,30)(H,26,27). The van der Waals surface area contributed by atoms with E-state index in [1.165, 1.54) is 7.11 Å². The second kappa shape index (κ2) is 8.29.